The molecule has 1 heterocycles. The maximum atomic E-state index is 12.0. The van der Waals surface area contributed by atoms with Gasteiger partial charge in [-0.1, -0.05) is 25.2 Å². The minimum absolute atomic E-state index is 0.0638. The van der Waals surface area contributed by atoms with Gasteiger partial charge < -0.3 is 21.1 Å². The molecular weight excluding hydrogens is 264 g/mol. The van der Waals surface area contributed by atoms with Crippen LogP contribution in [0.4, 0.5) is 10.9 Å². The minimum Gasteiger partial charge on any atom is -0.383 e. The molecule has 1 atom stereocenters. The Morgan fingerprint density at radius 3 is 2.74 bits per heavy atom. The zero-order valence-electron chi connectivity index (χ0n) is 11.8. The topological polar surface area (TPSA) is 89.3 Å². The van der Waals surface area contributed by atoms with E-state index in [-0.39, 0.29) is 17.8 Å². The maximum Gasteiger partial charge on any atom is 0.265 e. The summed E-state index contributed by atoms with van der Waals surface area (Å²) in [6.07, 6.45) is 0. The molecule has 0 saturated carbocycles. The number of amides is 1. The number of ether oxygens (including phenoxy) is 1. The summed E-state index contributed by atoms with van der Waals surface area (Å²) in [5, 5.41) is 6.65. The lowest BCUT2D eigenvalue weighted by atomic mass is 10.2. The number of methoxy groups -OCH3 is 1. The monoisotopic (exact) mass is 286 g/mol. The first kappa shape index (κ1) is 15.7. The third-order valence-electron chi connectivity index (χ3n) is 2.32. The summed E-state index contributed by atoms with van der Waals surface area (Å²) in [4.78, 5) is 16.6. The average molecular weight is 286 g/mol. The summed E-state index contributed by atoms with van der Waals surface area (Å²) in [5.41, 5.74) is 5.77. The van der Waals surface area contributed by atoms with E-state index in [9.17, 15) is 4.79 Å². The number of rotatable bonds is 7. The van der Waals surface area contributed by atoms with Crippen LogP contribution in [0.25, 0.3) is 0 Å². The number of hydrogen-bond donors (Lipinski definition) is 3. The van der Waals surface area contributed by atoms with E-state index in [1.54, 1.807) is 7.11 Å². The number of nitrogens with two attached hydrogens (primary N) is 1. The van der Waals surface area contributed by atoms with E-state index < -0.39 is 0 Å². The molecule has 7 heteroatoms. The van der Waals surface area contributed by atoms with Gasteiger partial charge in [0.05, 0.1) is 6.61 Å². The summed E-state index contributed by atoms with van der Waals surface area (Å²) in [7, 11) is 1.59. The molecule has 0 aliphatic rings. The minimum atomic E-state index is -0.211. The van der Waals surface area contributed by atoms with Crippen LogP contribution in [-0.4, -0.2) is 37.2 Å². The van der Waals surface area contributed by atoms with E-state index in [0.29, 0.717) is 22.5 Å². The number of anilines is 2. The molecule has 0 aliphatic carbocycles. The van der Waals surface area contributed by atoms with Crippen LogP contribution in [0.2, 0.25) is 0 Å². The average Bonchev–Trinajstić information content (AvgIpc) is 2.68. The molecule has 19 heavy (non-hydrogen) atoms. The number of aromatic nitrogens is 1. The highest BCUT2D eigenvalue weighted by Crippen LogP contribution is 2.25. The Bertz CT molecular complexity index is 420. The lowest BCUT2D eigenvalue weighted by Gasteiger charge is -2.11. The van der Waals surface area contributed by atoms with Crippen molar-refractivity contribution in [2.45, 2.75) is 26.8 Å². The fourth-order valence-corrected chi connectivity index (χ4v) is 2.24. The van der Waals surface area contributed by atoms with Gasteiger partial charge in [-0.3, -0.25) is 4.79 Å². The fourth-order valence-electron chi connectivity index (χ4n) is 1.44. The van der Waals surface area contributed by atoms with Crippen molar-refractivity contribution in [2.75, 3.05) is 31.3 Å². The molecule has 0 bridgehead atoms. The van der Waals surface area contributed by atoms with Gasteiger partial charge in [0.15, 0.2) is 5.13 Å². The van der Waals surface area contributed by atoms with Crippen molar-refractivity contribution in [3.05, 3.63) is 4.88 Å². The van der Waals surface area contributed by atoms with Crippen LogP contribution in [0, 0.1) is 5.92 Å². The zero-order chi connectivity index (χ0) is 14.4. The van der Waals surface area contributed by atoms with Gasteiger partial charge in [-0.15, -0.1) is 0 Å². The van der Waals surface area contributed by atoms with Crippen LogP contribution in [0.1, 0.15) is 30.4 Å². The molecule has 1 aromatic heterocycles. The van der Waals surface area contributed by atoms with Crippen LogP contribution in [-0.2, 0) is 4.74 Å². The molecule has 0 fully saturated rings. The molecular formula is C12H22N4O2S. The first-order valence-electron chi connectivity index (χ1n) is 6.24. The molecule has 0 aliphatic heterocycles. The van der Waals surface area contributed by atoms with E-state index in [4.69, 9.17) is 10.5 Å². The van der Waals surface area contributed by atoms with Crippen LogP contribution in [0.3, 0.4) is 0 Å². The number of nitrogen functional groups attached to an aromatic ring is 1. The van der Waals surface area contributed by atoms with Crippen molar-refractivity contribution in [1.29, 1.82) is 0 Å². The molecule has 0 aromatic carbocycles. The van der Waals surface area contributed by atoms with Crippen LogP contribution < -0.4 is 16.4 Å². The molecule has 1 rings (SSSR count). The van der Waals surface area contributed by atoms with Crippen molar-refractivity contribution >= 4 is 28.2 Å². The highest BCUT2D eigenvalue weighted by molar-refractivity contribution is 7.18. The highest BCUT2D eigenvalue weighted by Gasteiger charge is 2.17. The third-order valence-corrected chi connectivity index (χ3v) is 3.34. The molecule has 1 unspecified atom stereocenters. The van der Waals surface area contributed by atoms with Gasteiger partial charge in [-0.25, -0.2) is 4.98 Å². The summed E-state index contributed by atoms with van der Waals surface area (Å²) in [6.45, 7) is 7.33. The van der Waals surface area contributed by atoms with E-state index >= 15 is 0 Å². The van der Waals surface area contributed by atoms with Crippen LogP contribution >= 0.6 is 11.3 Å². The molecule has 1 aromatic rings. The van der Waals surface area contributed by atoms with Crippen molar-refractivity contribution in [3.8, 4) is 0 Å². The molecule has 6 nitrogen and oxygen atoms in total. The Kier molecular flexibility index (Phi) is 6.04. The zero-order valence-corrected chi connectivity index (χ0v) is 12.6. The van der Waals surface area contributed by atoms with Crippen LogP contribution in [0.5, 0.6) is 0 Å². The Hall–Kier alpha value is -1.34. The Labute approximate surface area is 117 Å². The number of nitrogens with zero attached hydrogens (tertiary/aromatic N) is 1. The molecule has 1 amide bonds. The van der Waals surface area contributed by atoms with Gasteiger partial charge in [0, 0.05) is 19.7 Å². The van der Waals surface area contributed by atoms with Crippen molar-refractivity contribution in [3.63, 3.8) is 0 Å². The van der Waals surface area contributed by atoms with E-state index in [2.05, 4.69) is 29.5 Å². The molecule has 108 valence electrons. The van der Waals surface area contributed by atoms with Gasteiger partial charge in [-0.05, 0) is 12.8 Å². The van der Waals surface area contributed by atoms with Crippen molar-refractivity contribution < 1.29 is 9.53 Å². The van der Waals surface area contributed by atoms with Gasteiger partial charge >= 0.3 is 0 Å². The number of carbonyl (C=O) groups excluding carboxylic acids is 1. The van der Waals surface area contributed by atoms with Gasteiger partial charge in [0.25, 0.3) is 5.91 Å². The number of hydrogen-bond acceptors (Lipinski definition) is 6. The number of thiazole rings is 1. The molecule has 0 saturated heterocycles. The second kappa shape index (κ2) is 7.30. The lowest BCUT2D eigenvalue weighted by Crippen LogP contribution is -2.35. The molecule has 0 radical (unpaired) electrons. The first-order chi connectivity index (χ1) is 8.93. The molecule has 0 spiro atoms. The van der Waals surface area contributed by atoms with Crippen molar-refractivity contribution in [1.82, 2.24) is 10.3 Å². The van der Waals surface area contributed by atoms with Crippen molar-refractivity contribution in [2.24, 2.45) is 5.92 Å². The summed E-state index contributed by atoms with van der Waals surface area (Å²) in [5.74, 6) is 0.555. The summed E-state index contributed by atoms with van der Waals surface area (Å²) < 4.78 is 4.97. The quantitative estimate of drug-likeness (QED) is 0.708. The van der Waals surface area contributed by atoms with E-state index in [1.165, 1.54) is 11.3 Å². The SMILES string of the molecule is COCC(C)NC(=O)c1sc(NCC(C)C)nc1N. The maximum absolute atomic E-state index is 12.0. The summed E-state index contributed by atoms with van der Waals surface area (Å²) >= 11 is 1.27. The van der Waals surface area contributed by atoms with Gasteiger partial charge in [0.1, 0.15) is 10.7 Å². The number of carbonyl (C=O) groups is 1. The fraction of sp³-hybridized carbons (Fsp3) is 0.667. The predicted octanol–water partition coefficient (Wildman–Crippen LogP) is 1.56. The largest absolute Gasteiger partial charge is 0.383 e. The first-order valence-corrected chi connectivity index (χ1v) is 7.05. The lowest BCUT2D eigenvalue weighted by molar-refractivity contribution is 0.0910. The Morgan fingerprint density at radius 2 is 2.16 bits per heavy atom. The van der Waals surface area contributed by atoms with Gasteiger partial charge in [-0.2, -0.15) is 0 Å². The Morgan fingerprint density at radius 1 is 1.47 bits per heavy atom. The molecule has 4 N–H and O–H groups in total. The Balaban J connectivity index is 2.64. The predicted molar refractivity (Wildman–Crippen MR) is 78.7 cm³/mol. The normalized spacial score (nSPS) is 12.5. The number of nitrogens with one attached hydrogen (secondary N) is 2. The highest BCUT2D eigenvalue weighted by atomic mass is 32.1. The third kappa shape index (κ3) is 5.04. The van der Waals surface area contributed by atoms with Gasteiger partial charge in [0.2, 0.25) is 0 Å². The smallest absolute Gasteiger partial charge is 0.265 e. The standard InChI is InChI=1S/C12H22N4O2S/c1-7(2)5-14-12-16-10(13)9(19-12)11(17)15-8(3)6-18-4/h7-8H,5-6,13H2,1-4H3,(H,14,16)(H,15,17). The second-order valence-corrected chi connectivity index (χ2v) is 5.84. The second-order valence-electron chi connectivity index (χ2n) is 4.84. The van der Waals surface area contributed by atoms with E-state index in [1.807, 2.05) is 6.92 Å². The van der Waals surface area contributed by atoms with Crippen LogP contribution in [0.15, 0.2) is 0 Å². The van der Waals surface area contributed by atoms with E-state index in [0.717, 1.165) is 6.54 Å². The summed E-state index contributed by atoms with van der Waals surface area (Å²) in [6, 6.07) is -0.0638.